The second-order valence-electron chi connectivity index (χ2n) is 7.55. The maximum absolute atomic E-state index is 11.7. The number of aromatic nitrogens is 3. The lowest BCUT2D eigenvalue weighted by molar-refractivity contribution is 0.0687. The molecule has 1 N–H and O–H groups in total. The molecule has 0 unspecified atom stereocenters. The van der Waals surface area contributed by atoms with Crippen molar-refractivity contribution in [3.8, 4) is 17.4 Å². The van der Waals surface area contributed by atoms with Crippen LogP contribution in [0.2, 0.25) is 0 Å². The molecule has 0 amide bonds. The summed E-state index contributed by atoms with van der Waals surface area (Å²) in [5.74, 6) is 0.230. The Kier molecular flexibility index (Phi) is 6.35. The van der Waals surface area contributed by atoms with Crippen LogP contribution in [0, 0.1) is 0 Å². The molecule has 0 bridgehead atoms. The van der Waals surface area contributed by atoms with E-state index in [0.717, 1.165) is 30.1 Å². The molecule has 0 aliphatic carbocycles. The lowest BCUT2D eigenvalue weighted by Gasteiger charge is -2.23. The zero-order chi connectivity index (χ0) is 21.6. The molecular formula is C23H26N4O4. The number of carboxylic acids is 1. The van der Waals surface area contributed by atoms with Crippen LogP contribution in [-0.2, 0) is 6.54 Å². The van der Waals surface area contributed by atoms with Gasteiger partial charge in [0.1, 0.15) is 11.5 Å². The Morgan fingerprint density at radius 2 is 1.77 bits per heavy atom. The van der Waals surface area contributed by atoms with Gasteiger partial charge in [0.15, 0.2) is 0 Å². The van der Waals surface area contributed by atoms with E-state index < -0.39 is 5.97 Å². The zero-order valence-corrected chi connectivity index (χ0v) is 17.5. The molecule has 2 aromatic carbocycles. The molecule has 0 spiro atoms. The molecule has 0 radical (unpaired) electrons. The number of carboxylic acid groups (broad SMARTS) is 1. The molecular weight excluding hydrogens is 396 g/mol. The van der Waals surface area contributed by atoms with Crippen LogP contribution in [0.25, 0.3) is 0 Å². The molecule has 4 rings (SSSR count). The first-order valence-corrected chi connectivity index (χ1v) is 10.5. The third-order valence-corrected chi connectivity index (χ3v) is 5.39. The fourth-order valence-corrected chi connectivity index (χ4v) is 3.73. The van der Waals surface area contributed by atoms with Gasteiger partial charge in [0.2, 0.25) is 5.69 Å². The van der Waals surface area contributed by atoms with Gasteiger partial charge in [-0.15, -0.1) is 5.10 Å². The van der Waals surface area contributed by atoms with Crippen LogP contribution in [0.4, 0.5) is 5.69 Å². The molecule has 1 fully saturated rings. The summed E-state index contributed by atoms with van der Waals surface area (Å²) in [7, 11) is 1.61. The van der Waals surface area contributed by atoms with Gasteiger partial charge in [-0.05, 0) is 42.7 Å². The summed E-state index contributed by atoms with van der Waals surface area (Å²) in [6.07, 6.45) is 4.86. The highest BCUT2D eigenvalue weighted by atomic mass is 16.5. The van der Waals surface area contributed by atoms with Crippen molar-refractivity contribution >= 4 is 11.7 Å². The van der Waals surface area contributed by atoms with Crippen LogP contribution in [-0.4, -0.2) is 46.3 Å². The number of benzene rings is 2. The molecule has 3 aromatic rings. The maximum Gasteiger partial charge on any atom is 0.362 e. The Balaban J connectivity index is 1.59. The van der Waals surface area contributed by atoms with E-state index in [1.807, 2.05) is 42.5 Å². The second kappa shape index (κ2) is 9.51. The minimum atomic E-state index is -1.18. The normalized spacial score (nSPS) is 14.2. The van der Waals surface area contributed by atoms with Crippen molar-refractivity contribution in [2.75, 3.05) is 25.1 Å². The predicted octanol–water partition coefficient (Wildman–Crippen LogP) is 4.21. The highest BCUT2D eigenvalue weighted by Crippen LogP contribution is 2.29. The summed E-state index contributed by atoms with van der Waals surface area (Å²) in [5.41, 5.74) is 1.78. The van der Waals surface area contributed by atoms with E-state index in [1.54, 1.807) is 7.11 Å². The van der Waals surface area contributed by atoms with Gasteiger partial charge < -0.3 is 19.5 Å². The van der Waals surface area contributed by atoms with Crippen LogP contribution in [0.15, 0.2) is 48.5 Å². The molecule has 1 aromatic heterocycles. The Hall–Kier alpha value is -3.55. The highest BCUT2D eigenvalue weighted by molar-refractivity contribution is 5.87. The third-order valence-electron chi connectivity index (χ3n) is 5.39. The quantitative estimate of drug-likeness (QED) is 0.610. The minimum absolute atomic E-state index is 0.108. The maximum atomic E-state index is 11.7. The number of rotatable bonds is 7. The lowest BCUT2D eigenvalue weighted by atomic mass is 10.2. The Morgan fingerprint density at radius 1 is 1.03 bits per heavy atom. The summed E-state index contributed by atoms with van der Waals surface area (Å²) >= 11 is 0. The van der Waals surface area contributed by atoms with Crippen LogP contribution in [0.1, 0.15) is 41.7 Å². The minimum Gasteiger partial charge on any atom is -0.497 e. The molecule has 0 atom stereocenters. The van der Waals surface area contributed by atoms with Crippen molar-refractivity contribution in [3.05, 3.63) is 59.8 Å². The zero-order valence-electron chi connectivity index (χ0n) is 17.5. The Labute approximate surface area is 181 Å². The van der Waals surface area contributed by atoms with Crippen LogP contribution in [0.5, 0.6) is 17.4 Å². The van der Waals surface area contributed by atoms with E-state index in [1.165, 1.54) is 30.4 Å². The number of ether oxygens (including phenoxy) is 2. The van der Waals surface area contributed by atoms with E-state index in [4.69, 9.17) is 9.47 Å². The van der Waals surface area contributed by atoms with Crippen molar-refractivity contribution < 1.29 is 19.4 Å². The lowest BCUT2D eigenvalue weighted by Crippen LogP contribution is -2.23. The fourth-order valence-electron chi connectivity index (χ4n) is 3.73. The van der Waals surface area contributed by atoms with Gasteiger partial charge >= 0.3 is 5.97 Å². The molecule has 8 nitrogen and oxygen atoms in total. The van der Waals surface area contributed by atoms with Gasteiger partial charge in [-0.3, -0.25) is 0 Å². The molecule has 162 valence electrons. The number of carbonyl (C=O) groups is 1. The van der Waals surface area contributed by atoms with Gasteiger partial charge in [-0.1, -0.05) is 36.3 Å². The standard InChI is InChI=1S/C23H26N4O4/c1-30-19-11-9-17(10-12-19)16-27-22(21(23(28)29)24-25-27)31-20-8-6-7-18(15-20)26-13-4-2-3-5-14-26/h6-12,15H,2-5,13-14,16H2,1H3,(H,28,29). The summed E-state index contributed by atoms with van der Waals surface area (Å²) < 4.78 is 12.7. The molecule has 8 heteroatoms. The number of aromatic carboxylic acids is 1. The van der Waals surface area contributed by atoms with E-state index in [9.17, 15) is 9.90 Å². The average Bonchev–Trinajstić information content (AvgIpc) is 2.99. The molecule has 1 saturated heterocycles. The molecule has 31 heavy (non-hydrogen) atoms. The van der Waals surface area contributed by atoms with Crippen LogP contribution >= 0.6 is 0 Å². The Morgan fingerprint density at radius 3 is 2.45 bits per heavy atom. The van der Waals surface area contributed by atoms with Gasteiger partial charge in [-0.25, -0.2) is 9.48 Å². The fraction of sp³-hybridized carbons (Fsp3) is 0.348. The van der Waals surface area contributed by atoms with Crippen LogP contribution in [0.3, 0.4) is 0 Å². The average molecular weight is 422 g/mol. The van der Waals surface area contributed by atoms with E-state index in [2.05, 4.69) is 21.3 Å². The number of nitrogens with zero attached hydrogens (tertiary/aromatic N) is 4. The summed E-state index contributed by atoms with van der Waals surface area (Å²) in [6, 6.07) is 15.2. The smallest absolute Gasteiger partial charge is 0.362 e. The second-order valence-corrected chi connectivity index (χ2v) is 7.55. The third kappa shape index (κ3) is 4.96. The van der Waals surface area contributed by atoms with Gasteiger partial charge in [0, 0.05) is 24.8 Å². The first-order valence-electron chi connectivity index (χ1n) is 10.5. The van der Waals surface area contributed by atoms with Crippen molar-refractivity contribution in [2.45, 2.75) is 32.2 Å². The van der Waals surface area contributed by atoms with Gasteiger partial charge in [-0.2, -0.15) is 0 Å². The number of hydrogen-bond acceptors (Lipinski definition) is 6. The monoisotopic (exact) mass is 422 g/mol. The number of hydrogen-bond donors (Lipinski definition) is 1. The largest absolute Gasteiger partial charge is 0.497 e. The van der Waals surface area contributed by atoms with Crippen molar-refractivity contribution in [1.82, 2.24) is 15.0 Å². The molecule has 1 aliphatic rings. The van der Waals surface area contributed by atoms with E-state index in [-0.39, 0.29) is 11.6 Å². The summed E-state index contributed by atoms with van der Waals surface area (Å²) in [5, 5.41) is 17.4. The van der Waals surface area contributed by atoms with Crippen molar-refractivity contribution in [3.63, 3.8) is 0 Å². The topological polar surface area (TPSA) is 89.7 Å². The van der Waals surface area contributed by atoms with Gasteiger partial charge in [0.25, 0.3) is 5.88 Å². The predicted molar refractivity (Wildman–Crippen MR) is 116 cm³/mol. The molecule has 0 saturated carbocycles. The van der Waals surface area contributed by atoms with E-state index in [0.29, 0.717) is 12.3 Å². The Bertz CT molecular complexity index is 1020. The van der Waals surface area contributed by atoms with Gasteiger partial charge in [0.05, 0.1) is 13.7 Å². The molecule has 1 aliphatic heterocycles. The van der Waals surface area contributed by atoms with Crippen molar-refractivity contribution in [1.29, 1.82) is 0 Å². The summed E-state index contributed by atoms with van der Waals surface area (Å²) in [6.45, 7) is 2.35. The first-order chi connectivity index (χ1) is 15.1. The first kappa shape index (κ1) is 20.7. The van der Waals surface area contributed by atoms with Crippen LogP contribution < -0.4 is 14.4 Å². The SMILES string of the molecule is COc1ccc(Cn2nnc(C(=O)O)c2Oc2cccc(N3CCCCCC3)c2)cc1. The van der Waals surface area contributed by atoms with Crippen molar-refractivity contribution in [2.24, 2.45) is 0 Å². The highest BCUT2D eigenvalue weighted by Gasteiger charge is 2.22. The summed E-state index contributed by atoms with van der Waals surface area (Å²) in [4.78, 5) is 14.0. The van der Waals surface area contributed by atoms with E-state index >= 15 is 0 Å². The number of anilines is 1. The molecule has 2 heterocycles. The number of methoxy groups -OCH3 is 1.